The van der Waals surface area contributed by atoms with Gasteiger partial charge in [0, 0.05) is 33.7 Å². The van der Waals surface area contributed by atoms with Crippen LogP contribution in [0.2, 0.25) is 0 Å². The summed E-state index contributed by atoms with van der Waals surface area (Å²) >= 11 is 0. The zero-order valence-corrected chi connectivity index (χ0v) is 12.5. The van der Waals surface area contributed by atoms with Gasteiger partial charge < -0.3 is 14.7 Å². The predicted octanol–water partition coefficient (Wildman–Crippen LogP) is 1.32. The van der Waals surface area contributed by atoms with Crippen molar-refractivity contribution < 1.29 is 4.79 Å². The molecule has 0 aromatic carbocycles. The van der Waals surface area contributed by atoms with Crippen LogP contribution in [0.1, 0.15) is 6.42 Å². The third-order valence-electron chi connectivity index (χ3n) is 3.51. The third kappa shape index (κ3) is 3.84. The molecule has 6 nitrogen and oxygen atoms in total. The van der Waals surface area contributed by atoms with E-state index >= 15 is 0 Å². The fraction of sp³-hybridized carbons (Fsp3) is 0.571. The molecule has 1 aliphatic heterocycles. The number of aromatic nitrogens is 1. The monoisotopic (exact) mass is 277 g/mol. The molecule has 1 N–H and O–H groups in total. The van der Waals surface area contributed by atoms with Crippen molar-refractivity contribution in [2.24, 2.45) is 0 Å². The van der Waals surface area contributed by atoms with Crippen LogP contribution in [0.3, 0.4) is 0 Å². The maximum Gasteiger partial charge on any atom is 0.323 e. The first-order valence-electron chi connectivity index (χ1n) is 6.94. The minimum atomic E-state index is -0.0644. The molecular weight excluding hydrogens is 254 g/mol. The Morgan fingerprint density at radius 3 is 2.70 bits per heavy atom. The van der Waals surface area contributed by atoms with Crippen molar-refractivity contribution in [3.05, 3.63) is 18.3 Å². The van der Waals surface area contributed by atoms with Crippen LogP contribution in [-0.4, -0.2) is 68.1 Å². The van der Waals surface area contributed by atoms with E-state index < -0.39 is 0 Å². The number of hydrogen-bond donors (Lipinski definition) is 1. The molecule has 2 amide bonds. The molecule has 0 saturated carbocycles. The number of urea groups is 1. The van der Waals surface area contributed by atoms with Gasteiger partial charge in [-0.1, -0.05) is 0 Å². The van der Waals surface area contributed by atoms with Crippen molar-refractivity contribution >= 4 is 17.5 Å². The van der Waals surface area contributed by atoms with Crippen LogP contribution in [0.4, 0.5) is 16.3 Å². The van der Waals surface area contributed by atoms with Gasteiger partial charge in [-0.25, -0.2) is 9.78 Å². The first-order chi connectivity index (χ1) is 9.56. The van der Waals surface area contributed by atoms with E-state index in [9.17, 15) is 4.79 Å². The van der Waals surface area contributed by atoms with E-state index in [1.165, 1.54) is 0 Å². The summed E-state index contributed by atoms with van der Waals surface area (Å²) in [5.74, 6) is 0.596. The molecule has 0 aliphatic carbocycles. The number of hydrogen-bond acceptors (Lipinski definition) is 4. The van der Waals surface area contributed by atoms with Gasteiger partial charge in [-0.2, -0.15) is 0 Å². The molecule has 2 rings (SSSR count). The molecule has 1 aromatic heterocycles. The van der Waals surface area contributed by atoms with Crippen molar-refractivity contribution in [2.45, 2.75) is 6.42 Å². The van der Waals surface area contributed by atoms with Crippen LogP contribution in [0.25, 0.3) is 0 Å². The molecule has 1 fully saturated rings. The number of rotatable bonds is 2. The van der Waals surface area contributed by atoms with Crippen LogP contribution < -0.4 is 10.2 Å². The van der Waals surface area contributed by atoms with Gasteiger partial charge in [0.2, 0.25) is 0 Å². The molecule has 1 aromatic rings. The van der Waals surface area contributed by atoms with E-state index in [4.69, 9.17) is 0 Å². The zero-order valence-electron chi connectivity index (χ0n) is 12.5. The first-order valence-corrected chi connectivity index (χ1v) is 6.94. The summed E-state index contributed by atoms with van der Waals surface area (Å²) in [6, 6.07) is 3.71. The molecule has 110 valence electrons. The van der Waals surface area contributed by atoms with Gasteiger partial charge in [-0.05, 0) is 32.1 Å². The fourth-order valence-corrected chi connectivity index (χ4v) is 2.16. The molecule has 0 bridgehead atoms. The minimum absolute atomic E-state index is 0.0644. The van der Waals surface area contributed by atoms with Crippen LogP contribution in [0, 0.1) is 0 Å². The summed E-state index contributed by atoms with van der Waals surface area (Å²) in [4.78, 5) is 22.5. The fourth-order valence-electron chi connectivity index (χ4n) is 2.16. The summed E-state index contributed by atoms with van der Waals surface area (Å²) in [7, 11) is 6.01. The summed E-state index contributed by atoms with van der Waals surface area (Å²) in [5.41, 5.74) is 1.01. The smallest absolute Gasteiger partial charge is 0.323 e. The molecule has 0 spiro atoms. The maximum absolute atomic E-state index is 12.2. The van der Waals surface area contributed by atoms with Gasteiger partial charge in [0.1, 0.15) is 5.82 Å². The highest BCUT2D eigenvalue weighted by atomic mass is 16.2. The van der Waals surface area contributed by atoms with Crippen LogP contribution in [0.15, 0.2) is 18.3 Å². The molecule has 1 saturated heterocycles. The van der Waals surface area contributed by atoms with Gasteiger partial charge in [0.05, 0.1) is 11.9 Å². The standard InChI is InChI=1S/C14H23N5O/c1-17(2)12-5-6-13(15-11-12)16-14(20)19-8-4-7-18(3)9-10-19/h5-6,11H,4,7-10H2,1-3H3,(H,15,16,20). The topological polar surface area (TPSA) is 51.7 Å². The Labute approximate surface area is 120 Å². The lowest BCUT2D eigenvalue weighted by atomic mass is 10.4. The third-order valence-corrected chi connectivity index (χ3v) is 3.51. The second kappa shape index (κ2) is 6.56. The number of likely N-dealkylation sites (N-methyl/N-ethyl adjacent to an activating group) is 1. The SMILES string of the molecule is CN1CCCN(C(=O)Nc2ccc(N(C)C)cn2)CC1. The van der Waals surface area contributed by atoms with Crippen molar-refractivity contribution in [1.82, 2.24) is 14.8 Å². The van der Waals surface area contributed by atoms with Gasteiger partial charge in [-0.15, -0.1) is 0 Å². The molecule has 2 heterocycles. The van der Waals surface area contributed by atoms with Gasteiger partial charge >= 0.3 is 6.03 Å². The summed E-state index contributed by atoms with van der Waals surface area (Å²) in [6.07, 6.45) is 2.77. The molecule has 0 atom stereocenters. The number of pyridine rings is 1. The largest absolute Gasteiger partial charge is 0.376 e. The number of amides is 2. The second-order valence-electron chi connectivity index (χ2n) is 5.37. The Hall–Kier alpha value is -1.82. The lowest BCUT2D eigenvalue weighted by Crippen LogP contribution is -2.37. The second-order valence-corrected chi connectivity index (χ2v) is 5.37. The average Bonchev–Trinajstić information content (AvgIpc) is 2.64. The Morgan fingerprint density at radius 2 is 2.05 bits per heavy atom. The highest BCUT2D eigenvalue weighted by Gasteiger charge is 2.17. The van der Waals surface area contributed by atoms with E-state index in [1.807, 2.05) is 36.0 Å². The van der Waals surface area contributed by atoms with Crippen LogP contribution >= 0.6 is 0 Å². The van der Waals surface area contributed by atoms with Gasteiger partial charge in [0.15, 0.2) is 0 Å². The molecule has 6 heteroatoms. The Morgan fingerprint density at radius 1 is 1.25 bits per heavy atom. The van der Waals surface area contributed by atoms with Crippen molar-refractivity contribution in [1.29, 1.82) is 0 Å². The number of carbonyl (C=O) groups is 1. The molecule has 0 unspecified atom stereocenters. The Bertz CT molecular complexity index is 445. The summed E-state index contributed by atoms with van der Waals surface area (Å²) in [5, 5.41) is 2.86. The van der Waals surface area contributed by atoms with Crippen molar-refractivity contribution in [3.8, 4) is 0 Å². The van der Waals surface area contributed by atoms with E-state index in [-0.39, 0.29) is 6.03 Å². The quantitative estimate of drug-likeness (QED) is 0.886. The Balaban J connectivity index is 1.93. The first kappa shape index (κ1) is 14.6. The average molecular weight is 277 g/mol. The van der Waals surface area contributed by atoms with Crippen molar-refractivity contribution in [2.75, 3.05) is 57.5 Å². The summed E-state index contributed by atoms with van der Waals surface area (Å²) < 4.78 is 0. The number of carbonyl (C=O) groups excluding carboxylic acids is 1. The number of anilines is 2. The normalized spacial score (nSPS) is 16.6. The van der Waals surface area contributed by atoms with E-state index in [2.05, 4.69) is 22.2 Å². The van der Waals surface area contributed by atoms with E-state index in [0.29, 0.717) is 5.82 Å². The van der Waals surface area contributed by atoms with Gasteiger partial charge in [-0.3, -0.25) is 5.32 Å². The number of nitrogens with zero attached hydrogens (tertiary/aromatic N) is 4. The van der Waals surface area contributed by atoms with Gasteiger partial charge in [0.25, 0.3) is 0 Å². The van der Waals surface area contributed by atoms with E-state index in [0.717, 1.165) is 38.3 Å². The minimum Gasteiger partial charge on any atom is -0.376 e. The molecule has 0 radical (unpaired) electrons. The van der Waals surface area contributed by atoms with E-state index in [1.54, 1.807) is 6.20 Å². The summed E-state index contributed by atoms with van der Waals surface area (Å²) in [6.45, 7) is 3.52. The van der Waals surface area contributed by atoms with Crippen LogP contribution in [-0.2, 0) is 0 Å². The lowest BCUT2D eigenvalue weighted by Gasteiger charge is -2.21. The molecular formula is C14H23N5O. The highest BCUT2D eigenvalue weighted by molar-refractivity contribution is 5.88. The maximum atomic E-state index is 12.2. The van der Waals surface area contributed by atoms with Crippen molar-refractivity contribution in [3.63, 3.8) is 0 Å². The Kier molecular flexibility index (Phi) is 4.79. The number of nitrogens with one attached hydrogen (secondary N) is 1. The van der Waals surface area contributed by atoms with Crippen LogP contribution in [0.5, 0.6) is 0 Å². The zero-order chi connectivity index (χ0) is 14.5. The highest BCUT2D eigenvalue weighted by Crippen LogP contribution is 2.13. The lowest BCUT2D eigenvalue weighted by molar-refractivity contribution is 0.213. The molecule has 20 heavy (non-hydrogen) atoms. The molecule has 1 aliphatic rings. The predicted molar refractivity (Wildman–Crippen MR) is 81.3 cm³/mol.